The van der Waals surface area contributed by atoms with Crippen molar-refractivity contribution in [2.45, 2.75) is 6.42 Å². The number of aryl methyl sites for hydroxylation is 1. The number of hydrogen-bond acceptors (Lipinski definition) is 5. The van der Waals surface area contributed by atoms with Gasteiger partial charge in [0.05, 0.1) is 5.69 Å². The Labute approximate surface area is 156 Å². The van der Waals surface area contributed by atoms with Crippen LogP contribution in [0, 0.1) is 0 Å². The van der Waals surface area contributed by atoms with Crippen LogP contribution in [0.5, 0.6) is 0 Å². The van der Waals surface area contributed by atoms with Gasteiger partial charge in [0.25, 0.3) is 11.8 Å². The molecule has 1 aromatic carbocycles. The van der Waals surface area contributed by atoms with Gasteiger partial charge in [-0.15, -0.1) is 0 Å². The highest BCUT2D eigenvalue weighted by Gasteiger charge is 2.14. The van der Waals surface area contributed by atoms with Gasteiger partial charge in [0.1, 0.15) is 16.7 Å². The van der Waals surface area contributed by atoms with Gasteiger partial charge < -0.3 is 20.1 Å². The van der Waals surface area contributed by atoms with Crippen molar-refractivity contribution in [3.05, 3.63) is 41.7 Å². The van der Waals surface area contributed by atoms with Crippen molar-refractivity contribution in [1.82, 2.24) is 30.2 Å². The first-order valence-corrected chi connectivity index (χ1v) is 8.65. The zero-order chi connectivity index (χ0) is 19.4. The maximum atomic E-state index is 12.5. The van der Waals surface area contributed by atoms with Crippen LogP contribution in [0.15, 0.2) is 30.5 Å². The predicted molar refractivity (Wildman–Crippen MR) is 103 cm³/mol. The van der Waals surface area contributed by atoms with Gasteiger partial charge in [-0.3, -0.25) is 9.59 Å². The summed E-state index contributed by atoms with van der Waals surface area (Å²) in [6, 6.07) is 6.73. The van der Waals surface area contributed by atoms with Crippen LogP contribution >= 0.6 is 0 Å². The summed E-state index contributed by atoms with van der Waals surface area (Å²) in [5.74, 6) is -0.441. The minimum absolute atomic E-state index is 0.166. The number of hydrogen-bond donors (Lipinski definition) is 3. The van der Waals surface area contributed by atoms with Gasteiger partial charge in [-0.05, 0) is 51.3 Å². The number of aromatic amines is 1. The van der Waals surface area contributed by atoms with Crippen LogP contribution < -0.4 is 10.6 Å². The standard InChI is InChI=1S/C18H23N7O2/c1-24(2)8-4-7-19-18(27)16-10-13(11-25(16)3)20-17(26)12-5-6-14-15(9-12)22-23-21-14/h5-6,9-11H,4,7-8H2,1-3H3,(H,19,27)(H,20,26)(H,21,22,23). The van der Waals surface area contributed by atoms with Crippen LogP contribution in [-0.2, 0) is 7.05 Å². The molecule has 0 unspecified atom stereocenters. The van der Waals surface area contributed by atoms with Crippen molar-refractivity contribution in [2.75, 3.05) is 32.5 Å². The first-order chi connectivity index (χ1) is 12.9. The molecule has 0 saturated heterocycles. The smallest absolute Gasteiger partial charge is 0.267 e. The molecule has 0 atom stereocenters. The van der Waals surface area contributed by atoms with Gasteiger partial charge >= 0.3 is 0 Å². The van der Waals surface area contributed by atoms with Crippen molar-refractivity contribution >= 4 is 28.5 Å². The van der Waals surface area contributed by atoms with Crippen LogP contribution in [0.25, 0.3) is 11.0 Å². The second-order valence-corrected chi connectivity index (χ2v) is 6.62. The maximum Gasteiger partial charge on any atom is 0.267 e. The molecule has 0 spiro atoms. The Balaban J connectivity index is 1.63. The quantitative estimate of drug-likeness (QED) is 0.543. The second kappa shape index (κ2) is 8.00. The summed E-state index contributed by atoms with van der Waals surface area (Å²) < 4.78 is 1.69. The largest absolute Gasteiger partial charge is 0.351 e. The predicted octanol–water partition coefficient (Wildman–Crippen LogP) is 1.23. The summed E-state index contributed by atoms with van der Waals surface area (Å²) in [5, 5.41) is 16.2. The Morgan fingerprint density at radius 2 is 1.93 bits per heavy atom. The number of fused-ring (bicyclic) bond motifs is 1. The summed E-state index contributed by atoms with van der Waals surface area (Å²) in [4.78, 5) is 26.8. The van der Waals surface area contributed by atoms with Crippen molar-refractivity contribution < 1.29 is 9.59 Å². The molecule has 27 heavy (non-hydrogen) atoms. The third kappa shape index (κ3) is 4.50. The number of anilines is 1. The van der Waals surface area contributed by atoms with Crippen LogP contribution in [0.1, 0.15) is 27.3 Å². The van der Waals surface area contributed by atoms with Gasteiger partial charge in [-0.2, -0.15) is 15.4 Å². The van der Waals surface area contributed by atoms with Crippen LogP contribution in [0.4, 0.5) is 5.69 Å². The first-order valence-electron chi connectivity index (χ1n) is 8.65. The lowest BCUT2D eigenvalue weighted by molar-refractivity contribution is 0.0943. The second-order valence-electron chi connectivity index (χ2n) is 6.62. The zero-order valence-electron chi connectivity index (χ0n) is 15.6. The van der Waals surface area contributed by atoms with E-state index in [0.717, 1.165) is 13.0 Å². The molecule has 3 rings (SSSR count). The van der Waals surface area contributed by atoms with Crippen LogP contribution in [-0.4, -0.2) is 63.9 Å². The average molecular weight is 369 g/mol. The highest BCUT2D eigenvalue weighted by molar-refractivity contribution is 6.06. The molecule has 3 aromatic rings. The van der Waals surface area contributed by atoms with Crippen molar-refractivity contribution in [2.24, 2.45) is 7.05 Å². The number of rotatable bonds is 7. The van der Waals surface area contributed by atoms with Crippen LogP contribution in [0.3, 0.4) is 0 Å². The van der Waals surface area contributed by atoms with Crippen LogP contribution in [0.2, 0.25) is 0 Å². The molecule has 3 N–H and O–H groups in total. The van der Waals surface area contributed by atoms with E-state index in [9.17, 15) is 9.59 Å². The summed E-state index contributed by atoms with van der Waals surface area (Å²) in [5.41, 5.74) is 2.83. The Kier molecular flexibility index (Phi) is 5.51. The zero-order valence-corrected chi connectivity index (χ0v) is 15.6. The molecule has 142 valence electrons. The fourth-order valence-electron chi connectivity index (χ4n) is 2.73. The fraction of sp³-hybridized carbons (Fsp3) is 0.333. The highest BCUT2D eigenvalue weighted by atomic mass is 16.2. The molecule has 9 nitrogen and oxygen atoms in total. The SMILES string of the molecule is CN(C)CCCNC(=O)c1cc(NC(=O)c2ccc3n[nH]nc3c2)cn1C. The summed E-state index contributed by atoms with van der Waals surface area (Å²) in [7, 11) is 5.76. The highest BCUT2D eigenvalue weighted by Crippen LogP contribution is 2.16. The number of carbonyl (C=O) groups is 2. The van der Waals surface area contributed by atoms with E-state index in [2.05, 4.69) is 30.9 Å². The maximum absolute atomic E-state index is 12.5. The van der Waals surface area contributed by atoms with Gasteiger partial charge in [0, 0.05) is 25.4 Å². The Bertz CT molecular complexity index is 958. The Morgan fingerprint density at radius 3 is 2.70 bits per heavy atom. The van der Waals surface area contributed by atoms with Gasteiger partial charge in [0.2, 0.25) is 0 Å². The summed E-state index contributed by atoms with van der Waals surface area (Å²) >= 11 is 0. The van der Waals surface area contributed by atoms with Crippen molar-refractivity contribution in [3.8, 4) is 0 Å². The fourth-order valence-corrected chi connectivity index (χ4v) is 2.73. The Hall–Kier alpha value is -3.20. The monoisotopic (exact) mass is 369 g/mol. The number of nitrogens with one attached hydrogen (secondary N) is 3. The van der Waals surface area contributed by atoms with Gasteiger partial charge in [-0.1, -0.05) is 0 Å². The number of amides is 2. The normalized spacial score (nSPS) is 11.1. The molecule has 0 aliphatic rings. The molecule has 2 heterocycles. The molecule has 0 saturated carbocycles. The minimum Gasteiger partial charge on any atom is -0.351 e. The molecule has 0 bridgehead atoms. The van der Waals surface area contributed by atoms with E-state index in [-0.39, 0.29) is 11.8 Å². The van der Waals surface area contributed by atoms with Gasteiger partial charge in [0.15, 0.2) is 0 Å². The van der Waals surface area contributed by atoms with Crippen molar-refractivity contribution in [3.63, 3.8) is 0 Å². The third-order valence-electron chi connectivity index (χ3n) is 4.14. The van der Waals surface area contributed by atoms with E-state index in [4.69, 9.17) is 0 Å². The lowest BCUT2D eigenvalue weighted by Crippen LogP contribution is -2.28. The molecule has 2 amide bonds. The summed E-state index contributed by atoms with van der Waals surface area (Å²) in [6.45, 7) is 1.51. The number of H-pyrrole nitrogens is 1. The molecule has 9 heteroatoms. The van der Waals surface area contributed by atoms with E-state index in [0.29, 0.717) is 34.5 Å². The first kappa shape index (κ1) is 18.6. The van der Waals surface area contributed by atoms with Crippen molar-refractivity contribution in [1.29, 1.82) is 0 Å². The number of benzene rings is 1. The molecular weight excluding hydrogens is 346 g/mol. The number of nitrogens with zero attached hydrogens (tertiary/aromatic N) is 4. The molecule has 2 aromatic heterocycles. The topological polar surface area (TPSA) is 108 Å². The molecule has 0 fully saturated rings. The van der Waals surface area contributed by atoms with Gasteiger partial charge in [-0.25, -0.2) is 0 Å². The Morgan fingerprint density at radius 1 is 1.15 bits per heavy atom. The molecule has 0 aliphatic carbocycles. The number of carbonyl (C=O) groups excluding carboxylic acids is 2. The number of aromatic nitrogens is 4. The minimum atomic E-state index is -0.275. The van der Waals surface area contributed by atoms with E-state index in [1.54, 1.807) is 42.1 Å². The third-order valence-corrected chi connectivity index (χ3v) is 4.14. The molecular formula is C18H23N7O2. The lowest BCUT2D eigenvalue weighted by atomic mass is 10.2. The summed E-state index contributed by atoms with van der Waals surface area (Å²) in [6.07, 6.45) is 2.58. The average Bonchev–Trinajstić information content (AvgIpc) is 3.23. The molecule has 0 radical (unpaired) electrons. The lowest BCUT2D eigenvalue weighted by Gasteiger charge is -2.10. The van der Waals surface area contributed by atoms with E-state index in [1.807, 2.05) is 14.1 Å². The van der Waals surface area contributed by atoms with E-state index < -0.39 is 0 Å². The van der Waals surface area contributed by atoms with E-state index in [1.165, 1.54) is 0 Å². The molecule has 0 aliphatic heterocycles. The van der Waals surface area contributed by atoms with E-state index >= 15 is 0 Å².